The van der Waals surface area contributed by atoms with Gasteiger partial charge in [0, 0.05) is 45.7 Å². The van der Waals surface area contributed by atoms with Crippen molar-refractivity contribution < 1.29 is 4.79 Å². The van der Waals surface area contributed by atoms with Crippen molar-refractivity contribution in [3.05, 3.63) is 23.8 Å². The molecule has 2 fully saturated rings. The summed E-state index contributed by atoms with van der Waals surface area (Å²) in [7, 11) is 2.13. The van der Waals surface area contributed by atoms with E-state index in [9.17, 15) is 4.79 Å². The summed E-state index contributed by atoms with van der Waals surface area (Å²) in [5.74, 6) is 0.988. The van der Waals surface area contributed by atoms with Crippen LogP contribution in [0.15, 0.2) is 18.2 Å². The maximum Gasteiger partial charge on any atom is 0.222 e. The lowest BCUT2D eigenvalue weighted by Crippen LogP contribution is -2.47. The van der Waals surface area contributed by atoms with Crippen molar-refractivity contribution in [3.63, 3.8) is 0 Å². The van der Waals surface area contributed by atoms with Crippen LogP contribution in [0.3, 0.4) is 0 Å². The van der Waals surface area contributed by atoms with Crippen molar-refractivity contribution in [1.29, 1.82) is 0 Å². The number of likely N-dealkylation sites (tertiary alicyclic amines) is 1. The number of carbonyl (C=O) groups is 1. The van der Waals surface area contributed by atoms with Crippen LogP contribution in [0.5, 0.6) is 0 Å². The summed E-state index contributed by atoms with van der Waals surface area (Å²) in [6.45, 7) is 7.00. The summed E-state index contributed by atoms with van der Waals surface area (Å²) >= 11 is 1.28. The maximum absolute atomic E-state index is 12.5. The van der Waals surface area contributed by atoms with Crippen molar-refractivity contribution in [1.82, 2.24) is 23.4 Å². The summed E-state index contributed by atoms with van der Waals surface area (Å²) < 4.78 is 8.63. The Morgan fingerprint density at radius 2 is 1.96 bits per heavy atom. The zero-order chi connectivity index (χ0) is 18.6. The average Bonchev–Trinajstić information content (AvgIpc) is 3.15. The van der Waals surface area contributed by atoms with E-state index in [1.165, 1.54) is 30.1 Å². The number of carbonyl (C=O) groups excluding carboxylic acids is 1. The fraction of sp³-hybridized carbons (Fsp3) is 0.650. The Labute approximate surface area is 165 Å². The highest BCUT2D eigenvalue weighted by molar-refractivity contribution is 7.00. The van der Waals surface area contributed by atoms with E-state index in [1.807, 2.05) is 0 Å². The summed E-state index contributed by atoms with van der Waals surface area (Å²) in [5, 5.41) is 0. The van der Waals surface area contributed by atoms with Gasteiger partial charge in [-0.2, -0.15) is 8.75 Å². The molecular formula is C20H29N5OS. The van der Waals surface area contributed by atoms with Crippen LogP contribution >= 0.6 is 11.7 Å². The molecule has 4 rings (SSSR count). The second kappa shape index (κ2) is 8.63. The quantitative estimate of drug-likeness (QED) is 0.789. The first-order valence-corrected chi connectivity index (χ1v) is 10.8. The van der Waals surface area contributed by atoms with Gasteiger partial charge in [0.15, 0.2) is 0 Å². The third-order valence-corrected chi connectivity index (χ3v) is 6.51. The van der Waals surface area contributed by atoms with Gasteiger partial charge < -0.3 is 9.80 Å². The SMILES string of the molecule is CN1CCN(C(=O)CC[C@H]2CCCN(Cc3ccc4nsnc4c3)C2)CC1. The van der Waals surface area contributed by atoms with Gasteiger partial charge in [0.25, 0.3) is 0 Å². The highest BCUT2D eigenvalue weighted by atomic mass is 32.1. The van der Waals surface area contributed by atoms with E-state index in [1.54, 1.807) is 0 Å². The number of fused-ring (bicyclic) bond motifs is 1. The molecule has 146 valence electrons. The highest BCUT2D eigenvalue weighted by Crippen LogP contribution is 2.24. The smallest absolute Gasteiger partial charge is 0.222 e. The molecule has 1 aromatic carbocycles. The van der Waals surface area contributed by atoms with Crippen LogP contribution < -0.4 is 0 Å². The van der Waals surface area contributed by atoms with Crippen LogP contribution in [0.2, 0.25) is 0 Å². The summed E-state index contributed by atoms with van der Waals surface area (Å²) in [6, 6.07) is 6.41. The maximum atomic E-state index is 12.5. The van der Waals surface area contributed by atoms with Gasteiger partial charge in [0.1, 0.15) is 11.0 Å². The standard InChI is InChI=1S/C20H29N5OS/c1-23-9-11-25(12-10-23)20(26)7-5-16-3-2-8-24(14-16)15-17-4-6-18-19(13-17)22-27-21-18/h4,6,13,16H,2-3,5,7-12,14-15H2,1H3/t16-/m1/s1. The van der Waals surface area contributed by atoms with Gasteiger partial charge in [-0.15, -0.1) is 0 Å². The first kappa shape index (κ1) is 18.8. The van der Waals surface area contributed by atoms with Crippen LogP contribution in [0.4, 0.5) is 0 Å². The normalized spacial score (nSPS) is 22.4. The summed E-state index contributed by atoms with van der Waals surface area (Å²) in [5.41, 5.74) is 3.30. The van der Waals surface area contributed by atoms with E-state index in [-0.39, 0.29) is 0 Å². The third-order valence-electron chi connectivity index (χ3n) is 5.95. The van der Waals surface area contributed by atoms with Crippen LogP contribution in [-0.4, -0.2) is 75.7 Å². The Kier molecular flexibility index (Phi) is 6.00. The molecule has 27 heavy (non-hydrogen) atoms. The Balaban J connectivity index is 1.26. The molecule has 2 aliphatic heterocycles. The van der Waals surface area contributed by atoms with Gasteiger partial charge in [-0.25, -0.2) is 0 Å². The second-order valence-electron chi connectivity index (χ2n) is 8.05. The number of likely N-dealkylation sites (N-methyl/N-ethyl adjacent to an activating group) is 1. The van der Waals surface area contributed by atoms with Gasteiger partial charge in [0.05, 0.1) is 11.7 Å². The molecule has 6 nitrogen and oxygen atoms in total. The molecule has 2 aromatic rings. The Hall–Kier alpha value is -1.57. The van der Waals surface area contributed by atoms with Crippen LogP contribution in [0, 0.1) is 5.92 Å². The molecule has 1 amide bonds. The lowest BCUT2D eigenvalue weighted by Gasteiger charge is -2.34. The molecule has 0 bridgehead atoms. The lowest BCUT2D eigenvalue weighted by atomic mass is 9.92. The molecular weight excluding hydrogens is 358 g/mol. The molecule has 0 N–H and O–H groups in total. The second-order valence-corrected chi connectivity index (χ2v) is 8.58. The fourth-order valence-corrected chi connectivity index (χ4v) is 4.77. The van der Waals surface area contributed by atoms with Crippen LogP contribution in [0.25, 0.3) is 11.0 Å². The average molecular weight is 388 g/mol. The van der Waals surface area contributed by atoms with Crippen LogP contribution in [0.1, 0.15) is 31.2 Å². The molecule has 0 aliphatic carbocycles. The molecule has 2 saturated heterocycles. The van der Waals surface area contributed by atoms with Gasteiger partial charge in [-0.05, 0) is 56.5 Å². The van der Waals surface area contributed by atoms with Crippen molar-refractivity contribution in [3.8, 4) is 0 Å². The molecule has 3 heterocycles. The molecule has 2 aliphatic rings. The Morgan fingerprint density at radius 1 is 1.15 bits per heavy atom. The highest BCUT2D eigenvalue weighted by Gasteiger charge is 2.23. The van der Waals surface area contributed by atoms with E-state index in [0.29, 0.717) is 18.2 Å². The van der Waals surface area contributed by atoms with Crippen LogP contribution in [-0.2, 0) is 11.3 Å². The van der Waals surface area contributed by atoms with E-state index >= 15 is 0 Å². The van der Waals surface area contributed by atoms with Crippen molar-refractivity contribution in [2.75, 3.05) is 46.3 Å². The monoisotopic (exact) mass is 387 g/mol. The lowest BCUT2D eigenvalue weighted by molar-refractivity contribution is -0.133. The predicted octanol–water partition coefficient (Wildman–Crippen LogP) is 2.46. The minimum atomic E-state index is 0.349. The zero-order valence-corrected chi connectivity index (χ0v) is 17.0. The topological polar surface area (TPSA) is 52.6 Å². The Morgan fingerprint density at radius 3 is 2.81 bits per heavy atom. The number of rotatable bonds is 5. The van der Waals surface area contributed by atoms with E-state index in [0.717, 1.165) is 63.3 Å². The van der Waals surface area contributed by atoms with Gasteiger partial charge in [0.2, 0.25) is 5.91 Å². The zero-order valence-electron chi connectivity index (χ0n) is 16.1. The third kappa shape index (κ3) is 4.83. The van der Waals surface area contributed by atoms with Gasteiger partial charge in [-0.1, -0.05) is 6.07 Å². The molecule has 0 radical (unpaired) electrons. The number of amides is 1. The predicted molar refractivity (Wildman–Crippen MR) is 109 cm³/mol. The van der Waals surface area contributed by atoms with Gasteiger partial charge >= 0.3 is 0 Å². The van der Waals surface area contributed by atoms with Gasteiger partial charge in [-0.3, -0.25) is 9.69 Å². The number of hydrogen-bond donors (Lipinski definition) is 0. The molecule has 1 aromatic heterocycles. The number of benzene rings is 1. The minimum Gasteiger partial charge on any atom is -0.340 e. The number of hydrogen-bond acceptors (Lipinski definition) is 6. The number of aromatic nitrogens is 2. The van der Waals surface area contributed by atoms with Crippen molar-refractivity contribution >= 4 is 28.7 Å². The molecule has 0 spiro atoms. The number of piperazine rings is 1. The number of piperidine rings is 1. The molecule has 1 atom stereocenters. The summed E-state index contributed by atoms with van der Waals surface area (Å²) in [4.78, 5) is 19.4. The molecule has 0 saturated carbocycles. The Bertz CT molecular complexity index is 771. The molecule has 0 unspecified atom stereocenters. The first-order chi connectivity index (χ1) is 13.2. The minimum absolute atomic E-state index is 0.349. The van der Waals surface area contributed by atoms with Crippen molar-refractivity contribution in [2.45, 2.75) is 32.2 Å². The fourth-order valence-electron chi connectivity index (χ4n) is 4.26. The van der Waals surface area contributed by atoms with Crippen molar-refractivity contribution in [2.24, 2.45) is 5.92 Å². The van der Waals surface area contributed by atoms with E-state index in [4.69, 9.17) is 0 Å². The summed E-state index contributed by atoms with van der Waals surface area (Å²) in [6.07, 6.45) is 4.21. The van der Waals surface area contributed by atoms with E-state index in [2.05, 4.69) is 48.7 Å². The largest absolute Gasteiger partial charge is 0.340 e. The molecule has 7 heteroatoms. The van der Waals surface area contributed by atoms with E-state index < -0.39 is 0 Å². The number of nitrogens with zero attached hydrogens (tertiary/aromatic N) is 5. The first-order valence-electron chi connectivity index (χ1n) is 10.1.